The molecule has 2 aliphatic rings. The number of aromatic nitrogens is 1. The summed E-state index contributed by atoms with van der Waals surface area (Å²) in [5.41, 5.74) is 1.25. The van der Waals surface area contributed by atoms with Crippen LogP contribution >= 0.6 is 0 Å². The van der Waals surface area contributed by atoms with E-state index in [1.54, 1.807) is 6.07 Å². The van der Waals surface area contributed by atoms with E-state index < -0.39 is 0 Å². The van der Waals surface area contributed by atoms with Crippen molar-refractivity contribution in [3.8, 4) is 0 Å². The van der Waals surface area contributed by atoms with Crippen LogP contribution in [-0.4, -0.2) is 40.8 Å². The lowest BCUT2D eigenvalue weighted by Crippen LogP contribution is -2.44. The molecule has 7 heteroatoms. The van der Waals surface area contributed by atoms with Crippen molar-refractivity contribution < 1.29 is 14.0 Å². The SMILES string of the molecule is O=C(Nc1cccc(CN2CCC(C(=O)NC3CCCCC3)CC2)n1)c1ccc(F)cc1. The molecule has 1 saturated carbocycles. The van der Waals surface area contributed by atoms with E-state index >= 15 is 0 Å². The van der Waals surface area contributed by atoms with Gasteiger partial charge in [0.15, 0.2) is 0 Å². The third-order valence-electron chi connectivity index (χ3n) is 6.45. The van der Waals surface area contributed by atoms with E-state index in [4.69, 9.17) is 0 Å². The highest BCUT2D eigenvalue weighted by Crippen LogP contribution is 2.22. The fraction of sp³-hybridized carbons (Fsp3) is 0.480. The van der Waals surface area contributed by atoms with Gasteiger partial charge in [0, 0.05) is 24.1 Å². The smallest absolute Gasteiger partial charge is 0.256 e. The van der Waals surface area contributed by atoms with Gasteiger partial charge in [-0.05, 0) is 75.2 Å². The quantitative estimate of drug-likeness (QED) is 0.711. The summed E-state index contributed by atoms with van der Waals surface area (Å²) in [6, 6.07) is 11.3. The second-order valence-corrected chi connectivity index (χ2v) is 8.87. The van der Waals surface area contributed by atoms with Gasteiger partial charge < -0.3 is 10.6 Å². The largest absolute Gasteiger partial charge is 0.353 e. The Hall–Kier alpha value is -2.80. The molecule has 32 heavy (non-hydrogen) atoms. The number of carbonyl (C=O) groups excluding carboxylic acids is 2. The van der Waals surface area contributed by atoms with Crippen LogP contribution in [0.3, 0.4) is 0 Å². The maximum atomic E-state index is 13.1. The Kier molecular flexibility index (Phi) is 7.47. The van der Waals surface area contributed by atoms with Gasteiger partial charge in [0.25, 0.3) is 5.91 Å². The molecule has 1 aliphatic carbocycles. The molecule has 0 atom stereocenters. The van der Waals surface area contributed by atoms with Crippen LogP contribution < -0.4 is 10.6 Å². The Labute approximate surface area is 188 Å². The number of carbonyl (C=O) groups is 2. The highest BCUT2D eigenvalue weighted by Gasteiger charge is 2.27. The van der Waals surface area contributed by atoms with Crippen molar-refractivity contribution in [2.24, 2.45) is 5.92 Å². The van der Waals surface area contributed by atoms with E-state index in [2.05, 4.69) is 20.5 Å². The molecule has 2 amide bonds. The first kappa shape index (κ1) is 22.4. The maximum absolute atomic E-state index is 13.1. The minimum atomic E-state index is -0.378. The molecule has 0 radical (unpaired) electrons. The Morgan fingerprint density at radius 2 is 1.69 bits per heavy atom. The van der Waals surface area contributed by atoms with Crippen molar-refractivity contribution in [2.45, 2.75) is 57.5 Å². The van der Waals surface area contributed by atoms with E-state index in [1.165, 1.54) is 43.5 Å². The molecule has 1 aromatic carbocycles. The Morgan fingerprint density at radius 3 is 2.41 bits per heavy atom. The monoisotopic (exact) mass is 438 g/mol. The summed E-state index contributed by atoms with van der Waals surface area (Å²) in [5, 5.41) is 6.04. The first-order chi connectivity index (χ1) is 15.6. The van der Waals surface area contributed by atoms with Gasteiger partial charge in [-0.2, -0.15) is 0 Å². The summed E-state index contributed by atoms with van der Waals surface area (Å²) < 4.78 is 13.1. The molecule has 0 spiro atoms. The normalized spacial score (nSPS) is 18.3. The van der Waals surface area contributed by atoms with E-state index in [0.29, 0.717) is 24.0 Å². The second-order valence-electron chi connectivity index (χ2n) is 8.87. The number of pyridine rings is 1. The van der Waals surface area contributed by atoms with Crippen LogP contribution in [0.5, 0.6) is 0 Å². The number of anilines is 1. The van der Waals surface area contributed by atoms with Crippen molar-refractivity contribution in [1.82, 2.24) is 15.2 Å². The summed E-state index contributed by atoms with van der Waals surface area (Å²) >= 11 is 0. The number of nitrogens with zero attached hydrogens (tertiary/aromatic N) is 2. The number of benzene rings is 1. The molecular formula is C25H31FN4O2. The lowest BCUT2D eigenvalue weighted by Gasteiger charge is -2.32. The maximum Gasteiger partial charge on any atom is 0.256 e. The third kappa shape index (κ3) is 6.13. The fourth-order valence-corrected chi connectivity index (χ4v) is 4.58. The van der Waals surface area contributed by atoms with Crippen LogP contribution in [0.2, 0.25) is 0 Å². The third-order valence-corrected chi connectivity index (χ3v) is 6.45. The average Bonchev–Trinajstić information content (AvgIpc) is 2.81. The molecule has 0 bridgehead atoms. The first-order valence-electron chi connectivity index (χ1n) is 11.6. The molecule has 1 aliphatic heterocycles. The van der Waals surface area contributed by atoms with Gasteiger partial charge in [0.2, 0.25) is 5.91 Å². The van der Waals surface area contributed by atoms with Gasteiger partial charge in [-0.25, -0.2) is 9.37 Å². The summed E-state index contributed by atoms with van der Waals surface area (Å²) in [6.45, 7) is 2.39. The Morgan fingerprint density at radius 1 is 0.969 bits per heavy atom. The van der Waals surface area contributed by atoms with E-state index in [1.807, 2.05) is 12.1 Å². The molecule has 4 rings (SSSR count). The lowest BCUT2D eigenvalue weighted by molar-refractivity contribution is -0.127. The number of hydrogen-bond donors (Lipinski definition) is 2. The molecular weight excluding hydrogens is 407 g/mol. The average molecular weight is 439 g/mol. The molecule has 1 aromatic heterocycles. The Balaban J connectivity index is 1.25. The number of hydrogen-bond acceptors (Lipinski definition) is 4. The van der Waals surface area contributed by atoms with Gasteiger partial charge in [-0.3, -0.25) is 14.5 Å². The van der Waals surface area contributed by atoms with E-state index in [9.17, 15) is 14.0 Å². The highest BCUT2D eigenvalue weighted by atomic mass is 19.1. The van der Waals surface area contributed by atoms with Crippen LogP contribution in [0, 0.1) is 11.7 Å². The second kappa shape index (κ2) is 10.7. The number of likely N-dealkylation sites (tertiary alicyclic amines) is 1. The minimum Gasteiger partial charge on any atom is -0.353 e. The van der Waals surface area contributed by atoms with Crippen LogP contribution in [0.25, 0.3) is 0 Å². The zero-order valence-electron chi connectivity index (χ0n) is 18.4. The molecule has 6 nitrogen and oxygen atoms in total. The Bertz CT molecular complexity index is 920. The standard InChI is InChI=1S/C25H31FN4O2/c26-20-11-9-18(10-12-20)25(32)29-23-8-4-7-22(27-23)17-30-15-13-19(14-16-30)24(31)28-21-5-2-1-3-6-21/h4,7-12,19,21H,1-3,5-6,13-17H2,(H,28,31)(H,27,29,32). The molecule has 2 fully saturated rings. The molecule has 0 unspecified atom stereocenters. The van der Waals surface area contributed by atoms with Crippen molar-refractivity contribution in [1.29, 1.82) is 0 Å². The minimum absolute atomic E-state index is 0.0995. The van der Waals surface area contributed by atoms with Gasteiger partial charge >= 0.3 is 0 Å². The topological polar surface area (TPSA) is 74.3 Å². The van der Waals surface area contributed by atoms with Gasteiger partial charge in [0.05, 0.1) is 5.69 Å². The highest BCUT2D eigenvalue weighted by molar-refractivity contribution is 6.03. The first-order valence-corrected chi connectivity index (χ1v) is 11.6. The number of amides is 2. The molecule has 2 heterocycles. The van der Waals surface area contributed by atoms with Crippen molar-refractivity contribution in [2.75, 3.05) is 18.4 Å². The zero-order valence-corrected chi connectivity index (χ0v) is 18.4. The van der Waals surface area contributed by atoms with Gasteiger partial charge in [0.1, 0.15) is 11.6 Å². The zero-order chi connectivity index (χ0) is 22.3. The molecule has 2 aromatic rings. The summed E-state index contributed by atoms with van der Waals surface area (Å²) in [7, 11) is 0. The number of nitrogens with one attached hydrogen (secondary N) is 2. The van der Waals surface area contributed by atoms with Crippen LogP contribution in [-0.2, 0) is 11.3 Å². The summed E-state index contributed by atoms with van der Waals surface area (Å²) in [4.78, 5) is 31.8. The van der Waals surface area contributed by atoms with Gasteiger partial charge in [-0.15, -0.1) is 0 Å². The van der Waals surface area contributed by atoms with Crippen molar-refractivity contribution in [3.63, 3.8) is 0 Å². The number of rotatable bonds is 6. The van der Waals surface area contributed by atoms with Crippen LogP contribution in [0.4, 0.5) is 10.2 Å². The lowest BCUT2D eigenvalue weighted by atomic mass is 9.92. The van der Waals surface area contributed by atoms with Gasteiger partial charge in [-0.1, -0.05) is 25.3 Å². The van der Waals surface area contributed by atoms with Crippen LogP contribution in [0.15, 0.2) is 42.5 Å². The molecule has 170 valence electrons. The molecule has 1 saturated heterocycles. The molecule has 2 N–H and O–H groups in total. The predicted octanol–water partition coefficient (Wildman–Crippen LogP) is 4.13. The van der Waals surface area contributed by atoms with Crippen molar-refractivity contribution in [3.05, 3.63) is 59.5 Å². The summed E-state index contributed by atoms with van der Waals surface area (Å²) in [5.74, 6) is 0.0950. The number of piperidine rings is 1. The fourth-order valence-electron chi connectivity index (χ4n) is 4.58. The van der Waals surface area contributed by atoms with E-state index in [0.717, 1.165) is 44.5 Å². The van der Waals surface area contributed by atoms with Crippen LogP contribution in [0.1, 0.15) is 61.0 Å². The summed E-state index contributed by atoms with van der Waals surface area (Å²) in [6.07, 6.45) is 7.68. The van der Waals surface area contributed by atoms with Crippen molar-refractivity contribution >= 4 is 17.6 Å². The van der Waals surface area contributed by atoms with E-state index in [-0.39, 0.29) is 23.5 Å². The predicted molar refractivity (Wildman–Crippen MR) is 122 cm³/mol. The number of halogens is 1.